The minimum atomic E-state index is -1.78. The Hall–Kier alpha value is -1.83. The molecule has 16 heavy (non-hydrogen) atoms. The van der Waals surface area contributed by atoms with Gasteiger partial charge in [0.15, 0.2) is 0 Å². The number of aliphatic hydroxyl groups is 1. The van der Waals surface area contributed by atoms with E-state index in [1.165, 1.54) is 0 Å². The number of aliphatic carboxylic acids is 1. The van der Waals surface area contributed by atoms with Crippen LogP contribution in [0, 0.1) is 12.3 Å². The molecule has 0 spiro atoms. The minimum Gasteiger partial charge on any atom is -0.479 e. The maximum Gasteiger partial charge on any atom is 0.343 e. The third-order valence-corrected chi connectivity index (χ3v) is 2.21. The Labute approximate surface area is 93.5 Å². The topological polar surface area (TPSA) is 66.8 Å². The van der Waals surface area contributed by atoms with E-state index in [1.807, 2.05) is 0 Å². The van der Waals surface area contributed by atoms with Crippen LogP contribution in [0.15, 0.2) is 30.3 Å². The number of carboxylic acids is 1. The van der Waals surface area contributed by atoms with Crippen molar-refractivity contribution < 1.29 is 19.7 Å². The van der Waals surface area contributed by atoms with E-state index in [4.69, 9.17) is 16.3 Å². The lowest BCUT2D eigenvalue weighted by molar-refractivity contribution is -0.171. The summed E-state index contributed by atoms with van der Waals surface area (Å²) in [5, 5.41) is 18.4. The van der Waals surface area contributed by atoms with Gasteiger partial charge in [-0.1, -0.05) is 36.3 Å². The molecule has 0 fully saturated rings. The van der Waals surface area contributed by atoms with Crippen LogP contribution in [0.1, 0.15) is 5.56 Å². The van der Waals surface area contributed by atoms with E-state index in [1.54, 1.807) is 30.3 Å². The predicted molar refractivity (Wildman–Crippen MR) is 57.6 cm³/mol. The molecule has 1 unspecified atom stereocenters. The Kier molecular flexibility index (Phi) is 4.06. The van der Waals surface area contributed by atoms with Gasteiger partial charge in [0.2, 0.25) is 5.60 Å². The number of hydrogen-bond acceptors (Lipinski definition) is 3. The van der Waals surface area contributed by atoms with Gasteiger partial charge in [-0.2, -0.15) is 0 Å². The van der Waals surface area contributed by atoms with Gasteiger partial charge in [0.1, 0.15) is 6.61 Å². The third kappa shape index (κ3) is 2.22. The van der Waals surface area contributed by atoms with E-state index < -0.39 is 18.2 Å². The molecule has 0 amide bonds. The molecule has 0 bridgehead atoms. The molecule has 0 saturated heterocycles. The zero-order chi connectivity index (χ0) is 12.0. The molecule has 1 aromatic carbocycles. The van der Waals surface area contributed by atoms with Gasteiger partial charge in [-0.3, -0.25) is 0 Å². The van der Waals surface area contributed by atoms with Crippen molar-refractivity contribution in [1.82, 2.24) is 0 Å². The van der Waals surface area contributed by atoms with Crippen LogP contribution < -0.4 is 0 Å². The summed E-state index contributed by atoms with van der Waals surface area (Å²) in [6.45, 7) is -0.851. The Morgan fingerprint density at radius 2 is 2.06 bits per heavy atom. The monoisotopic (exact) mass is 220 g/mol. The van der Waals surface area contributed by atoms with E-state index in [9.17, 15) is 9.90 Å². The Bertz CT molecular complexity index is 393. The van der Waals surface area contributed by atoms with E-state index in [0.717, 1.165) is 0 Å². The zero-order valence-corrected chi connectivity index (χ0v) is 8.59. The van der Waals surface area contributed by atoms with Crippen LogP contribution in [-0.4, -0.2) is 29.4 Å². The van der Waals surface area contributed by atoms with Crippen LogP contribution >= 0.6 is 0 Å². The summed E-state index contributed by atoms with van der Waals surface area (Å²) in [5.74, 6) is 0.918. The van der Waals surface area contributed by atoms with Crippen molar-refractivity contribution in [3.63, 3.8) is 0 Å². The second-order valence-corrected chi connectivity index (χ2v) is 3.15. The summed E-state index contributed by atoms with van der Waals surface area (Å²) in [6, 6.07) is 8.22. The standard InChI is InChI=1S/C12H12O4/c1-2-8-16-12(9-13,11(14)15)10-6-4-3-5-7-10/h1,3-7,13H,8-9H2,(H,14,15). The van der Waals surface area contributed by atoms with Crippen LogP contribution in [-0.2, 0) is 15.1 Å². The lowest BCUT2D eigenvalue weighted by Gasteiger charge is -2.27. The first-order valence-electron chi connectivity index (χ1n) is 4.64. The zero-order valence-electron chi connectivity index (χ0n) is 8.59. The number of carbonyl (C=O) groups is 1. The second kappa shape index (κ2) is 5.31. The highest BCUT2D eigenvalue weighted by atomic mass is 16.5. The van der Waals surface area contributed by atoms with Crippen LogP contribution in [0.25, 0.3) is 0 Å². The lowest BCUT2D eigenvalue weighted by atomic mass is 9.94. The van der Waals surface area contributed by atoms with E-state index in [-0.39, 0.29) is 6.61 Å². The highest BCUT2D eigenvalue weighted by molar-refractivity contribution is 5.79. The number of hydrogen-bond donors (Lipinski definition) is 2. The van der Waals surface area contributed by atoms with Gasteiger partial charge in [-0.05, 0) is 5.56 Å². The highest BCUT2D eigenvalue weighted by Crippen LogP contribution is 2.25. The molecular weight excluding hydrogens is 208 g/mol. The molecule has 0 heterocycles. The number of aliphatic hydroxyl groups excluding tert-OH is 1. The van der Waals surface area contributed by atoms with E-state index >= 15 is 0 Å². The fourth-order valence-corrected chi connectivity index (χ4v) is 1.35. The highest BCUT2D eigenvalue weighted by Gasteiger charge is 2.41. The molecule has 0 aliphatic rings. The smallest absolute Gasteiger partial charge is 0.343 e. The number of rotatable bonds is 5. The molecule has 0 saturated carbocycles. The van der Waals surface area contributed by atoms with Gasteiger partial charge < -0.3 is 14.9 Å². The number of carboxylic acid groups (broad SMARTS) is 1. The molecule has 0 aromatic heterocycles. The molecule has 84 valence electrons. The summed E-state index contributed by atoms with van der Waals surface area (Å²) >= 11 is 0. The summed E-state index contributed by atoms with van der Waals surface area (Å²) in [7, 11) is 0. The van der Waals surface area contributed by atoms with Crippen molar-refractivity contribution in [3.8, 4) is 12.3 Å². The van der Waals surface area contributed by atoms with Crippen molar-refractivity contribution >= 4 is 5.97 Å². The van der Waals surface area contributed by atoms with Gasteiger partial charge >= 0.3 is 5.97 Å². The molecule has 0 aliphatic heterocycles. The normalized spacial score (nSPS) is 13.8. The summed E-state index contributed by atoms with van der Waals surface area (Å²) in [6.07, 6.45) is 5.02. The number of benzene rings is 1. The molecular formula is C12H12O4. The molecule has 0 aliphatic carbocycles. The predicted octanol–water partition coefficient (Wildman–Crippen LogP) is 0.609. The van der Waals surface area contributed by atoms with Crippen molar-refractivity contribution in [1.29, 1.82) is 0 Å². The van der Waals surface area contributed by atoms with Gasteiger partial charge in [0, 0.05) is 0 Å². The second-order valence-electron chi connectivity index (χ2n) is 3.15. The summed E-state index contributed by atoms with van der Waals surface area (Å²) in [4.78, 5) is 11.2. The fraction of sp³-hybridized carbons (Fsp3) is 0.250. The maximum atomic E-state index is 11.2. The van der Waals surface area contributed by atoms with Crippen LogP contribution in [0.2, 0.25) is 0 Å². The SMILES string of the molecule is C#CCOC(CO)(C(=O)O)c1ccccc1. The molecule has 1 aromatic rings. The molecule has 1 rings (SSSR count). The first kappa shape index (κ1) is 12.2. The largest absolute Gasteiger partial charge is 0.479 e. The summed E-state index contributed by atoms with van der Waals surface area (Å²) < 4.78 is 5.09. The Balaban J connectivity index is 3.13. The summed E-state index contributed by atoms with van der Waals surface area (Å²) in [5.41, 5.74) is -1.42. The van der Waals surface area contributed by atoms with Crippen molar-refractivity contribution in [2.75, 3.05) is 13.2 Å². The van der Waals surface area contributed by atoms with Gasteiger partial charge in [0.25, 0.3) is 0 Å². The minimum absolute atomic E-state index is 0.179. The third-order valence-electron chi connectivity index (χ3n) is 2.21. The molecule has 0 radical (unpaired) electrons. The van der Waals surface area contributed by atoms with Crippen LogP contribution in [0.4, 0.5) is 0 Å². The van der Waals surface area contributed by atoms with E-state index in [2.05, 4.69) is 5.92 Å². The maximum absolute atomic E-state index is 11.2. The first-order valence-corrected chi connectivity index (χ1v) is 4.64. The van der Waals surface area contributed by atoms with Crippen molar-refractivity contribution in [2.45, 2.75) is 5.60 Å². The van der Waals surface area contributed by atoms with Crippen LogP contribution in [0.5, 0.6) is 0 Å². The molecule has 1 atom stereocenters. The fourth-order valence-electron chi connectivity index (χ4n) is 1.35. The van der Waals surface area contributed by atoms with Gasteiger partial charge in [0.05, 0.1) is 6.61 Å². The van der Waals surface area contributed by atoms with Gasteiger partial charge in [-0.15, -0.1) is 6.42 Å². The van der Waals surface area contributed by atoms with Crippen molar-refractivity contribution in [3.05, 3.63) is 35.9 Å². The average Bonchev–Trinajstić information content (AvgIpc) is 2.31. The Morgan fingerprint density at radius 1 is 1.44 bits per heavy atom. The van der Waals surface area contributed by atoms with E-state index in [0.29, 0.717) is 5.56 Å². The number of terminal acetylenes is 1. The molecule has 2 N–H and O–H groups in total. The number of ether oxygens (including phenoxy) is 1. The van der Waals surface area contributed by atoms with Crippen molar-refractivity contribution in [2.24, 2.45) is 0 Å². The molecule has 4 nitrogen and oxygen atoms in total. The average molecular weight is 220 g/mol. The quantitative estimate of drug-likeness (QED) is 0.713. The lowest BCUT2D eigenvalue weighted by Crippen LogP contribution is -2.42. The Morgan fingerprint density at radius 3 is 2.50 bits per heavy atom. The van der Waals surface area contributed by atoms with Gasteiger partial charge in [-0.25, -0.2) is 4.79 Å². The first-order chi connectivity index (χ1) is 7.67. The van der Waals surface area contributed by atoms with Crippen LogP contribution in [0.3, 0.4) is 0 Å². The molecule has 4 heteroatoms.